The first-order valence-electron chi connectivity index (χ1n) is 6.58. The molecule has 1 aliphatic heterocycles. The molecule has 1 amide bonds. The zero-order chi connectivity index (χ0) is 13.7. The Kier molecular flexibility index (Phi) is 4.63. The van der Waals surface area contributed by atoms with Gasteiger partial charge in [-0.2, -0.15) is 0 Å². The van der Waals surface area contributed by atoms with Gasteiger partial charge >= 0.3 is 0 Å². The summed E-state index contributed by atoms with van der Waals surface area (Å²) in [4.78, 5) is 14.2. The second kappa shape index (κ2) is 6.43. The van der Waals surface area contributed by atoms with Gasteiger partial charge < -0.3 is 20.1 Å². The molecule has 0 aliphatic carbocycles. The van der Waals surface area contributed by atoms with Gasteiger partial charge in [0.15, 0.2) is 0 Å². The molecule has 0 spiro atoms. The molecule has 0 aromatic heterocycles. The number of hydrogen-bond acceptors (Lipinski definition) is 4. The molecule has 0 radical (unpaired) electrons. The van der Waals surface area contributed by atoms with Crippen LogP contribution in [0.25, 0.3) is 0 Å². The second-order valence-corrected chi connectivity index (χ2v) is 4.69. The zero-order valence-electron chi connectivity index (χ0n) is 11.2. The van der Waals surface area contributed by atoms with Gasteiger partial charge in [-0.15, -0.1) is 0 Å². The van der Waals surface area contributed by atoms with Gasteiger partial charge in [-0.25, -0.2) is 0 Å². The molecule has 0 atom stereocenters. The van der Waals surface area contributed by atoms with E-state index < -0.39 is 0 Å². The maximum atomic E-state index is 11.9. The number of carbonyl (C=O) groups excluding carboxylic acids is 1. The largest absolute Gasteiger partial charge is 0.507 e. The number of benzene rings is 1. The number of amides is 1. The van der Waals surface area contributed by atoms with E-state index in [-0.39, 0.29) is 17.2 Å². The van der Waals surface area contributed by atoms with Crippen LogP contribution in [0.4, 0.5) is 0 Å². The average Bonchev–Trinajstić information content (AvgIpc) is 2.91. The fraction of sp³-hybridized carbons (Fsp3) is 0.500. The Labute approximate surface area is 113 Å². The minimum absolute atomic E-state index is 0.0574. The molecule has 1 saturated heterocycles. The molecule has 104 valence electrons. The molecule has 0 bridgehead atoms. The number of phenols is 1. The van der Waals surface area contributed by atoms with Crippen molar-refractivity contribution >= 4 is 5.91 Å². The van der Waals surface area contributed by atoms with E-state index in [1.807, 2.05) is 0 Å². The monoisotopic (exact) mass is 264 g/mol. The Morgan fingerprint density at radius 2 is 2.16 bits per heavy atom. The highest BCUT2D eigenvalue weighted by atomic mass is 16.5. The van der Waals surface area contributed by atoms with Crippen molar-refractivity contribution in [2.75, 3.05) is 33.3 Å². The van der Waals surface area contributed by atoms with Crippen LogP contribution in [-0.4, -0.2) is 49.2 Å². The number of rotatable bonds is 5. The Balaban J connectivity index is 1.85. The fourth-order valence-electron chi connectivity index (χ4n) is 2.26. The maximum absolute atomic E-state index is 11.9. The number of carbonyl (C=O) groups is 1. The molecule has 0 unspecified atom stereocenters. The normalized spacial score (nSPS) is 15.4. The minimum Gasteiger partial charge on any atom is -0.507 e. The number of aromatic hydroxyl groups is 1. The number of nitrogens with one attached hydrogen (secondary N) is 1. The van der Waals surface area contributed by atoms with Gasteiger partial charge in [0.1, 0.15) is 11.5 Å². The van der Waals surface area contributed by atoms with E-state index in [0.29, 0.717) is 12.3 Å². The molecule has 1 fully saturated rings. The van der Waals surface area contributed by atoms with Crippen LogP contribution in [0.2, 0.25) is 0 Å². The van der Waals surface area contributed by atoms with Gasteiger partial charge in [0.2, 0.25) is 0 Å². The molecule has 5 heteroatoms. The Morgan fingerprint density at radius 1 is 1.42 bits per heavy atom. The smallest absolute Gasteiger partial charge is 0.255 e. The average molecular weight is 264 g/mol. The van der Waals surface area contributed by atoms with Crippen molar-refractivity contribution < 1.29 is 14.6 Å². The maximum Gasteiger partial charge on any atom is 0.255 e. The second-order valence-electron chi connectivity index (χ2n) is 4.69. The van der Waals surface area contributed by atoms with Crippen LogP contribution in [0.15, 0.2) is 18.2 Å². The first-order chi connectivity index (χ1) is 9.20. The molecular weight excluding hydrogens is 244 g/mol. The summed E-state index contributed by atoms with van der Waals surface area (Å²) in [5, 5.41) is 12.6. The zero-order valence-corrected chi connectivity index (χ0v) is 11.2. The van der Waals surface area contributed by atoms with Gasteiger partial charge in [-0.3, -0.25) is 4.79 Å². The fourth-order valence-corrected chi connectivity index (χ4v) is 2.26. The lowest BCUT2D eigenvalue weighted by atomic mass is 10.2. The predicted octanol–water partition coefficient (Wildman–Crippen LogP) is 1.23. The summed E-state index contributed by atoms with van der Waals surface area (Å²) in [7, 11) is 1.52. The number of nitrogens with zero attached hydrogens (tertiary/aromatic N) is 1. The lowest BCUT2D eigenvalue weighted by molar-refractivity contribution is 0.0947. The molecular formula is C14H20N2O3. The van der Waals surface area contributed by atoms with Crippen LogP contribution < -0.4 is 10.1 Å². The topological polar surface area (TPSA) is 61.8 Å². The molecule has 2 rings (SSSR count). The Bertz CT molecular complexity index is 442. The van der Waals surface area contributed by atoms with E-state index in [1.165, 1.54) is 26.0 Å². The van der Waals surface area contributed by atoms with E-state index in [9.17, 15) is 9.90 Å². The summed E-state index contributed by atoms with van der Waals surface area (Å²) in [6.45, 7) is 3.69. The van der Waals surface area contributed by atoms with Gasteiger partial charge in [-0.05, 0) is 38.1 Å². The Hall–Kier alpha value is -1.75. The van der Waals surface area contributed by atoms with Crippen molar-refractivity contribution in [1.29, 1.82) is 0 Å². The molecule has 1 aromatic rings. The molecule has 5 nitrogen and oxygen atoms in total. The van der Waals surface area contributed by atoms with Crippen molar-refractivity contribution in [3.05, 3.63) is 23.8 Å². The van der Waals surface area contributed by atoms with Crippen LogP contribution in [0.3, 0.4) is 0 Å². The lowest BCUT2D eigenvalue weighted by Crippen LogP contribution is -2.33. The molecule has 0 saturated carbocycles. The lowest BCUT2D eigenvalue weighted by Gasteiger charge is -2.15. The first kappa shape index (κ1) is 13.7. The number of ether oxygens (including phenoxy) is 1. The highest BCUT2D eigenvalue weighted by Crippen LogP contribution is 2.23. The summed E-state index contributed by atoms with van der Waals surface area (Å²) in [6, 6.07) is 4.67. The summed E-state index contributed by atoms with van der Waals surface area (Å²) in [5.41, 5.74) is 0.280. The summed E-state index contributed by atoms with van der Waals surface area (Å²) in [6.07, 6.45) is 2.49. The number of likely N-dealkylation sites (tertiary alicyclic amines) is 1. The summed E-state index contributed by atoms with van der Waals surface area (Å²) < 4.78 is 4.98. The van der Waals surface area contributed by atoms with Crippen LogP contribution in [0, 0.1) is 0 Å². The number of hydrogen-bond donors (Lipinski definition) is 2. The first-order valence-corrected chi connectivity index (χ1v) is 6.58. The van der Waals surface area contributed by atoms with Gasteiger partial charge in [0, 0.05) is 19.2 Å². The predicted molar refractivity (Wildman–Crippen MR) is 72.7 cm³/mol. The van der Waals surface area contributed by atoms with Crippen molar-refractivity contribution in [3.8, 4) is 11.5 Å². The molecule has 1 aliphatic rings. The van der Waals surface area contributed by atoms with Crippen LogP contribution in [0.1, 0.15) is 23.2 Å². The van der Waals surface area contributed by atoms with E-state index in [1.54, 1.807) is 12.1 Å². The van der Waals surface area contributed by atoms with Crippen LogP contribution in [-0.2, 0) is 0 Å². The summed E-state index contributed by atoms with van der Waals surface area (Å²) >= 11 is 0. The molecule has 19 heavy (non-hydrogen) atoms. The van der Waals surface area contributed by atoms with E-state index >= 15 is 0 Å². The Morgan fingerprint density at radius 3 is 2.79 bits per heavy atom. The van der Waals surface area contributed by atoms with E-state index in [4.69, 9.17) is 4.74 Å². The van der Waals surface area contributed by atoms with Gasteiger partial charge in [0.05, 0.1) is 12.7 Å². The quantitative estimate of drug-likeness (QED) is 0.839. The van der Waals surface area contributed by atoms with Crippen LogP contribution in [0.5, 0.6) is 11.5 Å². The standard InChI is InChI=1S/C14H20N2O3/c1-19-11-4-5-12(13(17)10-11)14(18)15-6-9-16-7-2-3-8-16/h4-5,10,17H,2-3,6-9H2,1H3,(H,15,18). The third kappa shape index (κ3) is 3.61. The highest BCUT2D eigenvalue weighted by molar-refractivity contribution is 5.96. The SMILES string of the molecule is COc1ccc(C(=O)NCCN2CCCC2)c(O)c1. The summed E-state index contributed by atoms with van der Waals surface area (Å²) in [5.74, 6) is 0.225. The third-order valence-corrected chi connectivity index (χ3v) is 3.36. The number of phenolic OH excluding ortho intramolecular Hbond substituents is 1. The third-order valence-electron chi connectivity index (χ3n) is 3.36. The van der Waals surface area contributed by atoms with Gasteiger partial charge in [0.25, 0.3) is 5.91 Å². The molecule has 2 N–H and O–H groups in total. The molecule has 1 aromatic carbocycles. The van der Waals surface area contributed by atoms with Crippen molar-refractivity contribution in [3.63, 3.8) is 0 Å². The van der Waals surface area contributed by atoms with Crippen molar-refractivity contribution in [2.24, 2.45) is 0 Å². The van der Waals surface area contributed by atoms with Crippen LogP contribution >= 0.6 is 0 Å². The minimum atomic E-state index is -0.251. The van der Waals surface area contributed by atoms with Gasteiger partial charge in [-0.1, -0.05) is 0 Å². The molecule has 1 heterocycles. The van der Waals surface area contributed by atoms with Crippen molar-refractivity contribution in [1.82, 2.24) is 10.2 Å². The van der Waals surface area contributed by atoms with E-state index in [0.717, 1.165) is 19.6 Å². The van der Waals surface area contributed by atoms with Crippen molar-refractivity contribution in [2.45, 2.75) is 12.8 Å². The number of methoxy groups -OCH3 is 1. The van der Waals surface area contributed by atoms with E-state index in [2.05, 4.69) is 10.2 Å². The highest BCUT2D eigenvalue weighted by Gasteiger charge is 2.14.